The fraction of sp³-hybridized carbons (Fsp3) is 0.750. The maximum Gasteiger partial charge on any atom is 0.307 e. The molecular weight excluding hydrogens is 252 g/mol. The van der Waals surface area contributed by atoms with E-state index in [9.17, 15) is 4.79 Å². The molecule has 0 N–H and O–H groups in total. The van der Waals surface area contributed by atoms with Crippen LogP contribution in [0.1, 0.15) is 46.5 Å². The highest BCUT2D eigenvalue weighted by Crippen LogP contribution is 2.66. The molecule has 2 aliphatic rings. The molecule has 0 spiro atoms. The van der Waals surface area contributed by atoms with Crippen LogP contribution in [-0.4, -0.2) is 21.6 Å². The van der Waals surface area contributed by atoms with E-state index in [2.05, 4.69) is 25.8 Å². The van der Waals surface area contributed by atoms with Gasteiger partial charge in [0.05, 0.1) is 12.7 Å². The van der Waals surface area contributed by atoms with Crippen LogP contribution >= 0.6 is 0 Å². The highest BCUT2D eigenvalue weighted by molar-refractivity contribution is 5.69. The first-order chi connectivity index (χ1) is 9.43. The van der Waals surface area contributed by atoms with Crippen molar-refractivity contribution in [2.45, 2.75) is 59.1 Å². The van der Waals surface area contributed by atoms with Gasteiger partial charge in [0.2, 0.25) is 0 Å². The third-order valence-electron chi connectivity index (χ3n) is 6.12. The lowest BCUT2D eigenvalue weighted by molar-refractivity contribution is -0.157. The van der Waals surface area contributed by atoms with Crippen molar-refractivity contribution in [1.29, 1.82) is 0 Å². The molecule has 0 saturated heterocycles. The van der Waals surface area contributed by atoms with Crippen LogP contribution in [0.2, 0.25) is 0 Å². The summed E-state index contributed by atoms with van der Waals surface area (Å²) >= 11 is 0. The lowest BCUT2D eigenvalue weighted by atomic mass is 9.70. The molecule has 0 amide bonds. The minimum atomic E-state index is -0.0757. The van der Waals surface area contributed by atoms with E-state index in [1.807, 2.05) is 10.8 Å². The highest BCUT2D eigenvalue weighted by atomic mass is 16.5. The summed E-state index contributed by atoms with van der Waals surface area (Å²) in [6.45, 7) is 7.62. The van der Waals surface area contributed by atoms with Gasteiger partial charge in [0.15, 0.2) is 0 Å². The van der Waals surface area contributed by atoms with Crippen LogP contribution in [0, 0.1) is 16.7 Å². The molecule has 4 nitrogen and oxygen atoms in total. The minimum absolute atomic E-state index is 0.0757. The summed E-state index contributed by atoms with van der Waals surface area (Å²) in [5, 5.41) is 0. The summed E-state index contributed by atoms with van der Waals surface area (Å²) in [7, 11) is 0. The fourth-order valence-electron chi connectivity index (χ4n) is 4.17. The second kappa shape index (κ2) is 4.61. The van der Waals surface area contributed by atoms with Gasteiger partial charge in [-0.3, -0.25) is 4.79 Å². The van der Waals surface area contributed by atoms with Crippen molar-refractivity contribution in [3.63, 3.8) is 0 Å². The molecule has 20 heavy (non-hydrogen) atoms. The van der Waals surface area contributed by atoms with Gasteiger partial charge >= 0.3 is 5.97 Å². The number of hydrogen-bond acceptors (Lipinski definition) is 3. The molecule has 4 heteroatoms. The first-order valence-corrected chi connectivity index (χ1v) is 7.59. The van der Waals surface area contributed by atoms with Crippen molar-refractivity contribution < 1.29 is 9.53 Å². The van der Waals surface area contributed by atoms with Crippen molar-refractivity contribution in [3.8, 4) is 0 Å². The number of rotatable bonds is 4. The van der Waals surface area contributed by atoms with Gasteiger partial charge in [-0.1, -0.05) is 20.8 Å². The zero-order valence-electron chi connectivity index (χ0n) is 12.6. The van der Waals surface area contributed by atoms with Crippen LogP contribution in [0.15, 0.2) is 18.7 Å². The molecule has 1 heterocycles. The van der Waals surface area contributed by atoms with E-state index in [-0.39, 0.29) is 17.5 Å². The zero-order chi connectivity index (χ0) is 14.4. The topological polar surface area (TPSA) is 44.1 Å². The molecule has 2 saturated carbocycles. The quantitative estimate of drug-likeness (QED) is 0.794. The Morgan fingerprint density at radius 2 is 2.25 bits per heavy atom. The van der Waals surface area contributed by atoms with E-state index in [0.717, 1.165) is 6.42 Å². The lowest BCUT2D eigenvalue weighted by Crippen LogP contribution is -2.38. The van der Waals surface area contributed by atoms with Gasteiger partial charge in [0, 0.05) is 24.4 Å². The monoisotopic (exact) mass is 276 g/mol. The van der Waals surface area contributed by atoms with E-state index >= 15 is 0 Å². The van der Waals surface area contributed by atoms with E-state index in [1.54, 1.807) is 12.5 Å². The number of esters is 1. The number of imidazole rings is 1. The maximum atomic E-state index is 12.1. The van der Waals surface area contributed by atoms with Crippen LogP contribution in [0.3, 0.4) is 0 Å². The normalized spacial score (nSPS) is 34.4. The molecular formula is C16H24N2O2. The number of hydrogen-bond donors (Lipinski definition) is 0. The molecule has 1 aromatic heterocycles. The summed E-state index contributed by atoms with van der Waals surface area (Å²) in [5.74, 6) is 0.632. The Kier molecular flexibility index (Phi) is 3.14. The minimum Gasteiger partial charge on any atom is -0.462 e. The van der Waals surface area contributed by atoms with Crippen LogP contribution in [0.4, 0.5) is 0 Å². The molecule has 2 aliphatic carbocycles. The third kappa shape index (κ3) is 1.97. The summed E-state index contributed by atoms with van der Waals surface area (Å²) in [6.07, 6.45) is 9.37. The van der Waals surface area contributed by atoms with E-state index in [0.29, 0.717) is 24.3 Å². The molecule has 2 fully saturated rings. The largest absolute Gasteiger partial charge is 0.462 e. The summed E-state index contributed by atoms with van der Waals surface area (Å²) in [5.41, 5.74) is 0.449. The SMILES string of the molecule is CC1(C)[C@H]2CC[C@@]1(C)[C@H](OC(=O)CCn1ccnc1)C2. The van der Waals surface area contributed by atoms with Crippen molar-refractivity contribution in [2.75, 3.05) is 0 Å². The highest BCUT2D eigenvalue weighted by Gasteiger charge is 2.62. The smallest absolute Gasteiger partial charge is 0.307 e. The number of nitrogens with zero attached hydrogens (tertiary/aromatic N) is 2. The molecule has 2 bridgehead atoms. The molecule has 0 unspecified atom stereocenters. The van der Waals surface area contributed by atoms with E-state index in [4.69, 9.17) is 4.74 Å². The lowest BCUT2D eigenvalue weighted by Gasteiger charge is -2.38. The van der Waals surface area contributed by atoms with Gasteiger partial charge in [0.1, 0.15) is 6.10 Å². The Hall–Kier alpha value is -1.32. The number of fused-ring (bicyclic) bond motifs is 2. The van der Waals surface area contributed by atoms with Crippen LogP contribution in [-0.2, 0) is 16.1 Å². The molecule has 3 rings (SSSR count). The van der Waals surface area contributed by atoms with Gasteiger partial charge in [-0.15, -0.1) is 0 Å². The van der Waals surface area contributed by atoms with Crippen molar-refractivity contribution in [1.82, 2.24) is 9.55 Å². The number of carbonyl (C=O) groups is 1. The standard InChI is InChI=1S/C16H24N2O2/c1-15(2)12-4-6-16(15,3)13(10-12)20-14(19)5-8-18-9-7-17-11-18/h7,9,11-13H,4-6,8,10H2,1-3H3/t12-,13+,16-/m0/s1. The van der Waals surface area contributed by atoms with Gasteiger partial charge < -0.3 is 9.30 Å². The first kappa shape index (κ1) is 13.7. The zero-order valence-corrected chi connectivity index (χ0v) is 12.6. The molecule has 3 atom stereocenters. The first-order valence-electron chi connectivity index (χ1n) is 7.59. The average molecular weight is 276 g/mol. The summed E-state index contributed by atoms with van der Waals surface area (Å²) < 4.78 is 7.72. The Labute approximate surface area is 120 Å². The van der Waals surface area contributed by atoms with Crippen molar-refractivity contribution in [3.05, 3.63) is 18.7 Å². The van der Waals surface area contributed by atoms with Gasteiger partial charge in [-0.25, -0.2) is 4.98 Å². The molecule has 1 aromatic rings. The number of aryl methyl sites for hydroxylation is 1. The van der Waals surface area contributed by atoms with Gasteiger partial charge in [-0.2, -0.15) is 0 Å². The Balaban J connectivity index is 1.58. The maximum absolute atomic E-state index is 12.1. The Morgan fingerprint density at radius 1 is 1.45 bits per heavy atom. The molecule has 0 radical (unpaired) electrons. The Bertz CT molecular complexity index is 495. The summed E-state index contributed by atoms with van der Waals surface area (Å²) in [4.78, 5) is 16.0. The van der Waals surface area contributed by atoms with Gasteiger partial charge in [-0.05, 0) is 30.6 Å². The van der Waals surface area contributed by atoms with Gasteiger partial charge in [0.25, 0.3) is 0 Å². The van der Waals surface area contributed by atoms with Crippen molar-refractivity contribution in [2.24, 2.45) is 16.7 Å². The third-order valence-corrected chi connectivity index (χ3v) is 6.12. The number of carbonyl (C=O) groups excluding carboxylic acids is 1. The molecule has 0 aliphatic heterocycles. The second-order valence-corrected chi connectivity index (χ2v) is 7.14. The fourth-order valence-corrected chi connectivity index (χ4v) is 4.17. The van der Waals surface area contributed by atoms with Crippen LogP contribution in [0.5, 0.6) is 0 Å². The van der Waals surface area contributed by atoms with E-state index in [1.165, 1.54) is 12.8 Å². The van der Waals surface area contributed by atoms with E-state index < -0.39 is 0 Å². The second-order valence-electron chi connectivity index (χ2n) is 7.14. The number of aromatic nitrogens is 2. The molecule has 0 aromatic carbocycles. The average Bonchev–Trinajstić information content (AvgIpc) is 3.02. The molecule has 110 valence electrons. The van der Waals surface area contributed by atoms with Crippen LogP contribution in [0.25, 0.3) is 0 Å². The summed E-state index contributed by atoms with van der Waals surface area (Å²) in [6, 6.07) is 0. The predicted octanol–water partition coefficient (Wildman–Crippen LogP) is 3.03. The predicted molar refractivity (Wildman–Crippen MR) is 76.0 cm³/mol. The number of ether oxygens (including phenoxy) is 1. The Morgan fingerprint density at radius 3 is 2.80 bits per heavy atom. The van der Waals surface area contributed by atoms with Crippen molar-refractivity contribution >= 4 is 5.97 Å². The van der Waals surface area contributed by atoms with Crippen LogP contribution < -0.4 is 0 Å².